The van der Waals surface area contributed by atoms with Gasteiger partial charge in [-0.25, -0.2) is 4.79 Å². The Kier molecular flexibility index (Phi) is 5.78. The molecule has 2 aromatic carbocycles. The van der Waals surface area contributed by atoms with E-state index in [1.807, 2.05) is 48.5 Å². The van der Waals surface area contributed by atoms with Gasteiger partial charge in [0.15, 0.2) is 0 Å². The van der Waals surface area contributed by atoms with Crippen molar-refractivity contribution in [1.82, 2.24) is 5.32 Å². The van der Waals surface area contributed by atoms with Gasteiger partial charge >= 0.3 is 6.09 Å². The molecule has 0 aromatic heterocycles. The minimum absolute atomic E-state index is 0.101. The molecule has 2 N–H and O–H groups in total. The SMILES string of the molecule is O=C(NCC(O)c1cccc(Br)c1)OCc1ccccc1. The second kappa shape index (κ2) is 7.81. The summed E-state index contributed by atoms with van der Waals surface area (Å²) in [4.78, 5) is 11.6. The molecule has 1 atom stereocenters. The van der Waals surface area contributed by atoms with Crippen molar-refractivity contribution < 1.29 is 14.6 Å². The predicted octanol–water partition coefficient (Wildman–Crippen LogP) is 3.41. The molecule has 110 valence electrons. The molecule has 0 spiro atoms. The summed E-state index contributed by atoms with van der Waals surface area (Å²) in [5.41, 5.74) is 1.65. The van der Waals surface area contributed by atoms with E-state index < -0.39 is 12.2 Å². The number of carbonyl (C=O) groups excluding carboxylic acids is 1. The number of halogens is 1. The van der Waals surface area contributed by atoms with E-state index in [4.69, 9.17) is 4.74 Å². The summed E-state index contributed by atoms with van der Waals surface area (Å²) in [7, 11) is 0. The van der Waals surface area contributed by atoms with Gasteiger partial charge in [-0.3, -0.25) is 0 Å². The van der Waals surface area contributed by atoms with Crippen LogP contribution in [0.1, 0.15) is 17.2 Å². The Morgan fingerprint density at radius 3 is 2.67 bits per heavy atom. The van der Waals surface area contributed by atoms with E-state index in [2.05, 4.69) is 21.2 Å². The fourth-order valence-electron chi connectivity index (χ4n) is 1.79. The van der Waals surface area contributed by atoms with Gasteiger partial charge in [0.1, 0.15) is 6.61 Å². The Bertz CT molecular complexity index is 589. The van der Waals surface area contributed by atoms with Crippen LogP contribution in [-0.2, 0) is 11.3 Å². The number of hydrogen-bond acceptors (Lipinski definition) is 3. The highest BCUT2D eigenvalue weighted by Gasteiger charge is 2.10. The molecule has 5 heteroatoms. The van der Waals surface area contributed by atoms with Gasteiger partial charge in [0.2, 0.25) is 0 Å². The monoisotopic (exact) mass is 349 g/mol. The van der Waals surface area contributed by atoms with Gasteiger partial charge in [0.05, 0.1) is 12.6 Å². The van der Waals surface area contributed by atoms with Crippen LogP contribution in [0.25, 0.3) is 0 Å². The number of alkyl carbamates (subject to hydrolysis) is 1. The molecule has 4 nitrogen and oxygen atoms in total. The lowest BCUT2D eigenvalue weighted by Gasteiger charge is -2.12. The number of carbonyl (C=O) groups is 1. The second-order valence-electron chi connectivity index (χ2n) is 4.51. The first-order chi connectivity index (χ1) is 10.1. The largest absolute Gasteiger partial charge is 0.445 e. The van der Waals surface area contributed by atoms with Crippen molar-refractivity contribution in [3.63, 3.8) is 0 Å². The first-order valence-corrected chi connectivity index (χ1v) is 7.32. The van der Waals surface area contributed by atoms with Crippen LogP contribution in [0.3, 0.4) is 0 Å². The smallest absolute Gasteiger partial charge is 0.407 e. The number of aliphatic hydroxyl groups is 1. The van der Waals surface area contributed by atoms with E-state index >= 15 is 0 Å². The van der Waals surface area contributed by atoms with E-state index in [-0.39, 0.29) is 13.2 Å². The number of ether oxygens (including phenoxy) is 1. The van der Waals surface area contributed by atoms with Crippen LogP contribution in [0.15, 0.2) is 59.1 Å². The van der Waals surface area contributed by atoms with Crippen molar-refractivity contribution >= 4 is 22.0 Å². The standard InChI is InChI=1S/C16H16BrNO3/c17-14-8-4-7-13(9-14)15(19)10-18-16(20)21-11-12-5-2-1-3-6-12/h1-9,15,19H,10-11H2,(H,18,20). The molecule has 1 unspecified atom stereocenters. The second-order valence-corrected chi connectivity index (χ2v) is 5.43. The van der Waals surface area contributed by atoms with Gasteiger partial charge in [-0.2, -0.15) is 0 Å². The lowest BCUT2D eigenvalue weighted by Crippen LogP contribution is -2.28. The zero-order valence-electron chi connectivity index (χ0n) is 11.3. The number of benzene rings is 2. The Labute approximate surface area is 131 Å². The minimum atomic E-state index is -0.772. The van der Waals surface area contributed by atoms with Crippen molar-refractivity contribution in [3.05, 3.63) is 70.2 Å². The Balaban J connectivity index is 1.76. The van der Waals surface area contributed by atoms with Crippen molar-refractivity contribution in [2.75, 3.05) is 6.54 Å². The molecule has 0 fully saturated rings. The number of hydrogen-bond donors (Lipinski definition) is 2. The van der Waals surface area contributed by atoms with Crippen molar-refractivity contribution in [1.29, 1.82) is 0 Å². The summed E-state index contributed by atoms with van der Waals surface area (Å²) in [6.07, 6.45) is -1.32. The highest BCUT2D eigenvalue weighted by Crippen LogP contribution is 2.17. The molecule has 0 saturated heterocycles. The molecular weight excluding hydrogens is 334 g/mol. The molecule has 2 aromatic rings. The number of rotatable bonds is 5. The molecule has 0 aliphatic rings. The van der Waals surface area contributed by atoms with Crippen LogP contribution < -0.4 is 5.32 Å². The minimum Gasteiger partial charge on any atom is -0.445 e. The Morgan fingerprint density at radius 2 is 1.95 bits per heavy atom. The zero-order chi connectivity index (χ0) is 15.1. The third-order valence-electron chi connectivity index (χ3n) is 2.89. The molecule has 0 saturated carbocycles. The molecule has 0 radical (unpaired) electrons. The topological polar surface area (TPSA) is 58.6 Å². The van der Waals surface area contributed by atoms with E-state index in [0.717, 1.165) is 15.6 Å². The van der Waals surface area contributed by atoms with Crippen molar-refractivity contribution in [2.24, 2.45) is 0 Å². The van der Waals surface area contributed by atoms with Gasteiger partial charge in [-0.15, -0.1) is 0 Å². The van der Waals surface area contributed by atoms with Crippen LogP contribution in [0, 0.1) is 0 Å². The van der Waals surface area contributed by atoms with Crippen LogP contribution in [0.4, 0.5) is 4.79 Å². The molecule has 2 rings (SSSR count). The molecule has 1 amide bonds. The average molecular weight is 350 g/mol. The van der Waals surface area contributed by atoms with Crippen LogP contribution in [0.5, 0.6) is 0 Å². The molecule has 0 bridgehead atoms. The van der Waals surface area contributed by atoms with Gasteiger partial charge < -0.3 is 15.2 Å². The fourth-order valence-corrected chi connectivity index (χ4v) is 2.20. The van der Waals surface area contributed by atoms with Gasteiger partial charge in [-0.1, -0.05) is 58.4 Å². The van der Waals surface area contributed by atoms with Gasteiger partial charge in [0.25, 0.3) is 0 Å². The summed E-state index contributed by atoms with van der Waals surface area (Å²) < 4.78 is 5.95. The van der Waals surface area contributed by atoms with E-state index in [0.29, 0.717) is 0 Å². The average Bonchev–Trinajstić information content (AvgIpc) is 2.51. The Hall–Kier alpha value is -1.85. The Morgan fingerprint density at radius 1 is 1.19 bits per heavy atom. The van der Waals surface area contributed by atoms with Crippen molar-refractivity contribution in [2.45, 2.75) is 12.7 Å². The van der Waals surface area contributed by atoms with Crippen LogP contribution in [0.2, 0.25) is 0 Å². The fraction of sp³-hybridized carbons (Fsp3) is 0.188. The van der Waals surface area contributed by atoms with E-state index in [9.17, 15) is 9.90 Å². The summed E-state index contributed by atoms with van der Waals surface area (Å²) in [6.45, 7) is 0.309. The quantitative estimate of drug-likeness (QED) is 0.869. The zero-order valence-corrected chi connectivity index (χ0v) is 12.9. The lowest BCUT2D eigenvalue weighted by molar-refractivity contribution is 0.126. The lowest BCUT2D eigenvalue weighted by atomic mass is 10.1. The van der Waals surface area contributed by atoms with Gasteiger partial charge in [-0.05, 0) is 23.3 Å². The summed E-state index contributed by atoms with van der Waals surface area (Å²) >= 11 is 3.34. The number of nitrogens with one attached hydrogen (secondary N) is 1. The van der Waals surface area contributed by atoms with Crippen LogP contribution in [-0.4, -0.2) is 17.7 Å². The number of aliphatic hydroxyl groups excluding tert-OH is 1. The normalized spacial score (nSPS) is 11.7. The molecule has 0 heterocycles. The first-order valence-electron chi connectivity index (χ1n) is 6.53. The van der Waals surface area contributed by atoms with E-state index in [1.165, 1.54) is 0 Å². The number of amides is 1. The summed E-state index contributed by atoms with van der Waals surface area (Å²) in [5.74, 6) is 0. The van der Waals surface area contributed by atoms with Crippen molar-refractivity contribution in [3.8, 4) is 0 Å². The third-order valence-corrected chi connectivity index (χ3v) is 3.38. The maximum absolute atomic E-state index is 11.6. The summed E-state index contributed by atoms with van der Waals surface area (Å²) in [5, 5.41) is 12.5. The predicted molar refractivity (Wildman–Crippen MR) is 83.7 cm³/mol. The maximum Gasteiger partial charge on any atom is 0.407 e. The first kappa shape index (κ1) is 15.5. The third kappa shape index (κ3) is 5.21. The molecule has 0 aliphatic heterocycles. The molecule has 21 heavy (non-hydrogen) atoms. The summed E-state index contributed by atoms with van der Waals surface area (Å²) in [6, 6.07) is 16.7. The molecular formula is C16H16BrNO3. The highest BCUT2D eigenvalue weighted by molar-refractivity contribution is 9.10. The van der Waals surface area contributed by atoms with E-state index in [1.54, 1.807) is 6.07 Å². The maximum atomic E-state index is 11.6. The van der Waals surface area contributed by atoms with Gasteiger partial charge in [0, 0.05) is 4.47 Å². The highest BCUT2D eigenvalue weighted by atomic mass is 79.9. The molecule has 0 aliphatic carbocycles. The van der Waals surface area contributed by atoms with Crippen LogP contribution >= 0.6 is 15.9 Å².